The quantitative estimate of drug-likeness (QED) is 0.732. The molecule has 3 aromatic rings. The van der Waals surface area contributed by atoms with Crippen LogP contribution in [0.25, 0.3) is 16.2 Å². The van der Waals surface area contributed by atoms with Crippen LogP contribution in [0.2, 0.25) is 0 Å². The predicted octanol–water partition coefficient (Wildman–Crippen LogP) is 2.76. The van der Waals surface area contributed by atoms with Gasteiger partial charge in [-0.1, -0.05) is 23.5 Å². The first kappa shape index (κ1) is 15.1. The number of hydrogen-bond donors (Lipinski definition) is 0. The third-order valence-corrected chi connectivity index (χ3v) is 5.30. The molecular formula is C17H19N5OS. The van der Waals surface area contributed by atoms with Gasteiger partial charge in [-0.2, -0.15) is 0 Å². The maximum Gasteiger partial charge on any atom is 0.253 e. The maximum atomic E-state index is 12.2. The summed E-state index contributed by atoms with van der Waals surface area (Å²) >= 11 is 1.60. The standard InChI is InChI=1S/C17H19N5OS/c1-20(2)15(23)12-6-4-5-11(9-12)14-10-18-16-22(14)19-17(24-16)21(3)13-7-8-13/h4-6,9-10,13H,7-8H2,1-3H3. The van der Waals surface area contributed by atoms with Gasteiger partial charge >= 0.3 is 0 Å². The second kappa shape index (κ2) is 5.59. The molecule has 124 valence electrons. The molecule has 0 atom stereocenters. The van der Waals surface area contributed by atoms with Gasteiger partial charge in [0, 0.05) is 38.3 Å². The Morgan fingerprint density at radius 2 is 2.08 bits per heavy atom. The molecule has 0 aliphatic heterocycles. The molecule has 2 heterocycles. The molecule has 0 spiro atoms. The van der Waals surface area contributed by atoms with E-state index in [1.165, 1.54) is 12.8 Å². The fraction of sp³-hybridized carbons (Fsp3) is 0.353. The van der Waals surface area contributed by atoms with Crippen LogP contribution in [0.3, 0.4) is 0 Å². The molecule has 0 radical (unpaired) electrons. The third kappa shape index (κ3) is 2.54. The lowest BCUT2D eigenvalue weighted by Gasteiger charge is -2.13. The van der Waals surface area contributed by atoms with Crippen molar-refractivity contribution in [2.24, 2.45) is 0 Å². The highest BCUT2D eigenvalue weighted by molar-refractivity contribution is 7.20. The molecular weight excluding hydrogens is 322 g/mol. The Hall–Kier alpha value is -2.41. The molecule has 6 nitrogen and oxygen atoms in total. The highest BCUT2D eigenvalue weighted by atomic mass is 32.1. The number of nitrogens with zero attached hydrogens (tertiary/aromatic N) is 5. The summed E-state index contributed by atoms with van der Waals surface area (Å²) in [5, 5.41) is 5.71. The fourth-order valence-corrected chi connectivity index (χ4v) is 3.62. The SMILES string of the molecule is CN(C)C(=O)c1cccc(-c2cnc3sc(N(C)C4CC4)nn23)c1. The van der Waals surface area contributed by atoms with Gasteiger partial charge in [0.15, 0.2) is 0 Å². The first-order valence-electron chi connectivity index (χ1n) is 7.94. The maximum absolute atomic E-state index is 12.2. The summed E-state index contributed by atoms with van der Waals surface area (Å²) in [6.45, 7) is 0. The van der Waals surface area contributed by atoms with Crippen LogP contribution in [-0.2, 0) is 0 Å². The fourth-order valence-electron chi connectivity index (χ4n) is 2.71. The summed E-state index contributed by atoms with van der Waals surface area (Å²) in [6, 6.07) is 8.23. The molecule has 24 heavy (non-hydrogen) atoms. The number of carbonyl (C=O) groups excluding carboxylic acids is 1. The molecule has 1 saturated carbocycles. The summed E-state index contributed by atoms with van der Waals surface area (Å²) in [4.78, 5) is 21.4. The molecule has 1 aliphatic carbocycles. The zero-order valence-electron chi connectivity index (χ0n) is 13.9. The minimum atomic E-state index is -0.00922. The summed E-state index contributed by atoms with van der Waals surface area (Å²) < 4.78 is 1.87. The average molecular weight is 341 g/mol. The number of carbonyl (C=O) groups is 1. The van der Waals surface area contributed by atoms with Crippen LogP contribution in [0, 0.1) is 0 Å². The summed E-state index contributed by atoms with van der Waals surface area (Å²) in [5.41, 5.74) is 2.52. The van der Waals surface area contributed by atoms with Gasteiger partial charge in [0.25, 0.3) is 5.91 Å². The second-order valence-corrected chi connectivity index (χ2v) is 7.28. The second-order valence-electron chi connectivity index (χ2n) is 6.34. The van der Waals surface area contributed by atoms with Crippen LogP contribution in [0.4, 0.5) is 5.13 Å². The number of imidazole rings is 1. The number of rotatable bonds is 4. The van der Waals surface area contributed by atoms with Crippen molar-refractivity contribution in [2.45, 2.75) is 18.9 Å². The molecule has 1 amide bonds. The van der Waals surface area contributed by atoms with Gasteiger partial charge in [-0.05, 0) is 25.0 Å². The Morgan fingerprint density at radius 1 is 1.29 bits per heavy atom. The summed E-state index contributed by atoms with van der Waals surface area (Å²) in [5.74, 6) is -0.00922. The van der Waals surface area contributed by atoms with Crippen molar-refractivity contribution in [2.75, 3.05) is 26.0 Å². The van der Waals surface area contributed by atoms with E-state index in [-0.39, 0.29) is 5.91 Å². The van der Waals surface area contributed by atoms with Gasteiger partial charge in [-0.3, -0.25) is 4.79 Å². The van der Waals surface area contributed by atoms with Gasteiger partial charge in [-0.15, -0.1) is 5.10 Å². The van der Waals surface area contributed by atoms with Gasteiger partial charge in [-0.25, -0.2) is 9.50 Å². The van der Waals surface area contributed by atoms with E-state index < -0.39 is 0 Å². The molecule has 0 N–H and O–H groups in total. The lowest BCUT2D eigenvalue weighted by atomic mass is 10.1. The Labute approximate surface area is 144 Å². The van der Waals surface area contributed by atoms with E-state index >= 15 is 0 Å². The Morgan fingerprint density at radius 3 is 2.79 bits per heavy atom. The predicted molar refractivity (Wildman–Crippen MR) is 95.7 cm³/mol. The Balaban J connectivity index is 1.73. The van der Waals surface area contributed by atoms with Crippen molar-refractivity contribution in [3.05, 3.63) is 36.0 Å². The number of fused-ring (bicyclic) bond motifs is 1. The number of amides is 1. The zero-order valence-corrected chi connectivity index (χ0v) is 14.7. The van der Waals surface area contributed by atoms with Gasteiger partial charge in [0.1, 0.15) is 0 Å². The van der Waals surface area contributed by atoms with E-state index in [4.69, 9.17) is 5.10 Å². The lowest BCUT2D eigenvalue weighted by molar-refractivity contribution is 0.0827. The highest BCUT2D eigenvalue weighted by Crippen LogP contribution is 2.34. The van der Waals surface area contributed by atoms with Crippen LogP contribution >= 0.6 is 11.3 Å². The molecule has 0 unspecified atom stereocenters. The van der Waals surface area contributed by atoms with Crippen molar-refractivity contribution in [1.29, 1.82) is 0 Å². The normalized spacial score (nSPS) is 14.1. The molecule has 0 bridgehead atoms. The van der Waals surface area contributed by atoms with Crippen molar-refractivity contribution in [3.63, 3.8) is 0 Å². The van der Waals surface area contributed by atoms with E-state index in [1.54, 1.807) is 30.3 Å². The summed E-state index contributed by atoms with van der Waals surface area (Å²) in [7, 11) is 5.60. The van der Waals surface area contributed by atoms with Crippen LogP contribution < -0.4 is 4.90 Å². The first-order valence-corrected chi connectivity index (χ1v) is 8.76. The number of anilines is 1. The summed E-state index contributed by atoms with van der Waals surface area (Å²) in [6.07, 6.45) is 4.29. The molecule has 2 aromatic heterocycles. The molecule has 0 saturated heterocycles. The van der Waals surface area contributed by atoms with Crippen LogP contribution in [0.1, 0.15) is 23.2 Å². The van der Waals surface area contributed by atoms with Crippen LogP contribution in [-0.4, -0.2) is 52.6 Å². The van der Waals surface area contributed by atoms with Gasteiger partial charge in [0.2, 0.25) is 10.1 Å². The van der Waals surface area contributed by atoms with Gasteiger partial charge in [0.05, 0.1) is 11.9 Å². The number of aromatic nitrogens is 3. The van der Waals surface area contributed by atoms with Crippen molar-refractivity contribution in [3.8, 4) is 11.3 Å². The van der Waals surface area contributed by atoms with E-state index in [0.29, 0.717) is 11.6 Å². The Bertz CT molecular complexity index is 909. The minimum Gasteiger partial charge on any atom is -0.347 e. The first-order chi connectivity index (χ1) is 11.5. The van der Waals surface area contributed by atoms with Crippen molar-refractivity contribution >= 4 is 27.3 Å². The van der Waals surface area contributed by atoms with Crippen LogP contribution in [0.15, 0.2) is 30.5 Å². The molecule has 1 aromatic carbocycles. The highest BCUT2D eigenvalue weighted by Gasteiger charge is 2.29. The van der Waals surface area contributed by atoms with Crippen molar-refractivity contribution in [1.82, 2.24) is 19.5 Å². The minimum absolute atomic E-state index is 0.00922. The zero-order chi connectivity index (χ0) is 16.8. The van der Waals surface area contributed by atoms with E-state index in [9.17, 15) is 4.79 Å². The number of hydrogen-bond acceptors (Lipinski definition) is 5. The molecule has 4 rings (SSSR count). The van der Waals surface area contributed by atoms with E-state index in [2.05, 4.69) is 16.9 Å². The van der Waals surface area contributed by atoms with Crippen LogP contribution in [0.5, 0.6) is 0 Å². The molecule has 1 aliphatic rings. The molecule has 7 heteroatoms. The van der Waals surface area contributed by atoms with Crippen molar-refractivity contribution < 1.29 is 4.79 Å². The van der Waals surface area contributed by atoms with E-state index in [1.807, 2.05) is 35.0 Å². The smallest absolute Gasteiger partial charge is 0.253 e. The average Bonchev–Trinajstić information content (AvgIpc) is 3.22. The number of benzene rings is 1. The van der Waals surface area contributed by atoms with E-state index in [0.717, 1.165) is 21.3 Å². The largest absolute Gasteiger partial charge is 0.347 e. The monoisotopic (exact) mass is 341 g/mol. The third-order valence-electron chi connectivity index (χ3n) is 4.28. The van der Waals surface area contributed by atoms with Gasteiger partial charge < -0.3 is 9.80 Å². The Kier molecular flexibility index (Phi) is 3.53. The molecule has 1 fully saturated rings. The topological polar surface area (TPSA) is 53.7 Å². The lowest BCUT2D eigenvalue weighted by Crippen LogP contribution is -2.21.